The van der Waals surface area contributed by atoms with Crippen molar-refractivity contribution in [3.05, 3.63) is 64.7 Å². The lowest BCUT2D eigenvalue weighted by Crippen LogP contribution is -2.27. The molecule has 2 aromatic rings. The van der Waals surface area contributed by atoms with Crippen LogP contribution in [0.2, 0.25) is 0 Å². The van der Waals surface area contributed by atoms with Crippen LogP contribution >= 0.6 is 0 Å². The van der Waals surface area contributed by atoms with E-state index in [0.29, 0.717) is 11.1 Å². The van der Waals surface area contributed by atoms with Gasteiger partial charge in [0.25, 0.3) is 5.91 Å². The van der Waals surface area contributed by atoms with Gasteiger partial charge in [0.15, 0.2) is 0 Å². The number of hydrogen-bond acceptors (Lipinski definition) is 2. The van der Waals surface area contributed by atoms with Gasteiger partial charge < -0.3 is 9.64 Å². The first kappa shape index (κ1) is 19.0. The van der Waals surface area contributed by atoms with Gasteiger partial charge in [-0.2, -0.15) is 13.2 Å². The molecule has 0 N–H and O–H groups in total. The van der Waals surface area contributed by atoms with Crippen molar-refractivity contribution in [1.82, 2.24) is 0 Å². The number of alkyl halides is 3. The standard InChI is InChI=1S/C19H20F3NO2/c1-13-5-4-6-17(14(13)2)23(3)18(24)16-9-7-15(8-10-16)11-25-12-19(20,21)22/h4-10H,11-12H2,1-3H3. The van der Waals surface area contributed by atoms with Gasteiger partial charge in [-0.15, -0.1) is 0 Å². The molecule has 3 nitrogen and oxygen atoms in total. The van der Waals surface area contributed by atoms with Crippen LogP contribution in [0.25, 0.3) is 0 Å². The van der Waals surface area contributed by atoms with Gasteiger partial charge >= 0.3 is 6.18 Å². The van der Waals surface area contributed by atoms with Crippen LogP contribution in [0.5, 0.6) is 0 Å². The molecule has 0 fully saturated rings. The first-order chi connectivity index (χ1) is 11.7. The summed E-state index contributed by atoms with van der Waals surface area (Å²) >= 11 is 0. The molecular weight excluding hydrogens is 331 g/mol. The average molecular weight is 351 g/mol. The Labute approximate surface area is 145 Å². The number of halogens is 3. The molecule has 134 valence electrons. The maximum Gasteiger partial charge on any atom is 0.411 e. The Bertz CT molecular complexity index is 739. The van der Waals surface area contributed by atoms with Crippen molar-refractivity contribution >= 4 is 11.6 Å². The Balaban J connectivity index is 2.06. The van der Waals surface area contributed by atoms with Gasteiger partial charge in [0, 0.05) is 18.3 Å². The molecule has 0 bridgehead atoms. The van der Waals surface area contributed by atoms with Crippen LogP contribution in [-0.4, -0.2) is 25.7 Å². The van der Waals surface area contributed by atoms with Crippen molar-refractivity contribution in [1.29, 1.82) is 0 Å². The molecular formula is C19H20F3NO2. The van der Waals surface area contributed by atoms with Crippen molar-refractivity contribution in [2.24, 2.45) is 0 Å². The highest BCUT2D eigenvalue weighted by Gasteiger charge is 2.27. The summed E-state index contributed by atoms with van der Waals surface area (Å²) in [6.45, 7) is 2.49. The van der Waals surface area contributed by atoms with E-state index in [2.05, 4.69) is 4.74 Å². The molecule has 6 heteroatoms. The molecule has 0 spiro atoms. The zero-order chi connectivity index (χ0) is 18.6. The lowest BCUT2D eigenvalue weighted by atomic mass is 10.1. The second-order valence-corrected chi connectivity index (χ2v) is 5.89. The smallest absolute Gasteiger partial charge is 0.367 e. The molecule has 0 aromatic heterocycles. The van der Waals surface area contributed by atoms with Gasteiger partial charge in [0.1, 0.15) is 6.61 Å². The number of anilines is 1. The van der Waals surface area contributed by atoms with E-state index in [0.717, 1.165) is 16.8 Å². The molecule has 2 aromatic carbocycles. The average Bonchev–Trinajstić information content (AvgIpc) is 2.55. The first-order valence-electron chi connectivity index (χ1n) is 7.77. The van der Waals surface area contributed by atoms with Crippen LogP contribution in [0.3, 0.4) is 0 Å². The van der Waals surface area contributed by atoms with Crippen LogP contribution in [0, 0.1) is 13.8 Å². The molecule has 0 unspecified atom stereocenters. The second kappa shape index (κ2) is 7.70. The molecule has 1 amide bonds. The van der Waals surface area contributed by atoms with E-state index in [4.69, 9.17) is 0 Å². The summed E-state index contributed by atoms with van der Waals surface area (Å²) in [6, 6.07) is 12.1. The Morgan fingerprint density at radius 2 is 1.72 bits per heavy atom. The van der Waals surface area contributed by atoms with Gasteiger partial charge in [-0.3, -0.25) is 4.79 Å². The van der Waals surface area contributed by atoms with E-state index < -0.39 is 12.8 Å². The highest BCUT2D eigenvalue weighted by atomic mass is 19.4. The van der Waals surface area contributed by atoms with Gasteiger partial charge in [-0.05, 0) is 48.7 Å². The maximum atomic E-state index is 12.6. The summed E-state index contributed by atoms with van der Waals surface area (Å²) in [5, 5.41) is 0. The minimum Gasteiger partial charge on any atom is -0.367 e. The SMILES string of the molecule is Cc1cccc(N(C)C(=O)c2ccc(COCC(F)(F)F)cc2)c1C. The van der Waals surface area contributed by atoms with Crippen LogP contribution in [-0.2, 0) is 11.3 Å². The molecule has 0 saturated carbocycles. The lowest BCUT2D eigenvalue weighted by Gasteiger charge is -2.21. The fourth-order valence-electron chi connectivity index (χ4n) is 2.43. The third kappa shape index (κ3) is 5.06. The van der Waals surface area contributed by atoms with Gasteiger partial charge in [-0.25, -0.2) is 0 Å². The maximum absolute atomic E-state index is 12.6. The summed E-state index contributed by atoms with van der Waals surface area (Å²) in [5.74, 6) is -0.184. The van der Waals surface area contributed by atoms with Crippen LogP contribution < -0.4 is 4.90 Å². The van der Waals surface area contributed by atoms with E-state index in [-0.39, 0.29) is 12.5 Å². The van der Waals surface area contributed by atoms with Gasteiger partial charge in [0.05, 0.1) is 6.61 Å². The molecule has 0 aliphatic heterocycles. The molecule has 2 rings (SSSR count). The van der Waals surface area contributed by atoms with Crippen molar-refractivity contribution in [2.45, 2.75) is 26.6 Å². The number of rotatable bonds is 5. The van der Waals surface area contributed by atoms with Gasteiger partial charge in [0.2, 0.25) is 0 Å². The number of aryl methyl sites for hydroxylation is 1. The lowest BCUT2D eigenvalue weighted by molar-refractivity contribution is -0.176. The number of hydrogen-bond donors (Lipinski definition) is 0. The molecule has 0 aliphatic carbocycles. The third-order valence-electron chi connectivity index (χ3n) is 3.98. The molecule has 25 heavy (non-hydrogen) atoms. The Hall–Kier alpha value is -2.34. The predicted octanol–water partition coefficient (Wildman–Crippen LogP) is 4.66. The van der Waals surface area contributed by atoms with E-state index >= 15 is 0 Å². The fraction of sp³-hybridized carbons (Fsp3) is 0.316. The second-order valence-electron chi connectivity index (χ2n) is 5.89. The molecule has 0 heterocycles. The monoisotopic (exact) mass is 351 g/mol. The number of carbonyl (C=O) groups excluding carboxylic acids is 1. The molecule has 0 radical (unpaired) electrons. The Morgan fingerprint density at radius 3 is 2.32 bits per heavy atom. The summed E-state index contributed by atoms with van der Waals surface area (Å²) in [6.07, 6.45) is -4.34. The summed E-state index contributed by atoms with van der Waals surface area (Å²) < 4.78 is 40.8. The summed E-state index contributed by atoms with van der Waals surface area (Å²) in [4.78, 5) is 14.2. The minimum absolute atomic E-state index is 0.152. The largest absolute Gasteiger partial charge is 0.411 e. The number of ether oxygens (including phenoxy) is 1. The van der Waals surface area contributed by atoms with E-state index in [9.17, 15) is 18.0 Å². The summed E-state index contributed by atoms with van der Waals surface area (Å²) in [7, 11) is 1.70. The van der Waals surface area contributed by atoms with Crippen LogP contribution in [0.15, 0.2) is 42.5 Å². The van der Waals surface area contributed by atoms with Gasteiger partial charge in [-0.1, -0.05) is 24.3 Å². The van der Waals surface area contributed by atoms with E-state index in [1.54, 1.807) is 36.2 Å². The molecule has 0 aliphatic rings. The number of nitrogens with zero attached hydrogens (tertiary/aromatic N) is 1. The van der Waals surface area contributed by atoms with Crippen LogP contribution in [0.1, 0.15) is 27.0 Å². The highest BCUT2D eigenvalue weighted by molar-refractivity contribution is 6.06. The molecule has 0 atom stereocenters. The Kier molecular flexibility index (Phi) is 5.85. The van der Waals surface area contributed by atoms with Crippen molar-refractivity contribution in [3.63, 3.8) is 0 Å². The number of benzene rings is 2. The zero-order valence-electron chi connectivity index (χ0n) is 14.4. The van der Waals surface area contributed by atoms with Crippen molar-refractivity contribution < 1.29 is 22.7 Å². The minimum atomic E-state index is -4.34. The van der Waals surface area contributed by atoms with E-state index in [1.807, 2.05) is 32.0 Å². The quantitative estimate of drug-likeness (QED) is 0.784. The Morgan fingerprint density at radius 1 is 1.08 bits per heavy atom. The van der Waals surface area contributed by atoms with Crippen molar-refractivity contribution in [3.8, 4) is 0 Å². The zero-order valence-corrected chi connectivity index (χ0v) is 14.4. The predicted molar refractivity (Wildman–Crippen MR) is 90.8 cm³/mol. The molecule has 0 saturated heterocycles. The first-order valence-corrected chi connectivity index (χ1v) is 7.77. The highest BCUT2D eigenvalue weighted by Crippen LogP contribution is 2.23. The third-order valence-corrected chi connectivity index (χ3v) is 3.98. The topological polar surface area (TPSA) is 29.5 Å². The number of amides is 1. The normalized spacial score (nSPS) is 11.4. The van der Waals surface area contributed by atoms with Crippen molar-refractivity contribution in [2.75, 3.05) is 18.6 Å². The summed E-state index contributed by atoms with van der Waals surface area (Å²) in [5.41, 5.74) is 3.98. The number of carbonyl (C=O) groups is 1. The van der Waals surface area contributed by atoms with Crippen LogP contribution in [0.4, 0.5) is 18.9 Å². The van der Waals surface area contributed by atoms with E-state index in [1.165, 1.54) is 0 Å². The fourth-order valence-corrected chi connectivity index (χ4v) is 2.43.